The van der Waals surface area contributed by atoms with E-state index in [1.807, 2.05) is 61.6 Å². The fourth-order valence-electron chi connectivity index (χ4n) is 3.53. The van der Waals surface area contributed by atoms with Crippen LogP contribution in [-0.4, -0.2) is 49.1 Å². The number of rotatable bonds is 6. The second-order valence-corrected chi connectivity index (χ2v) is 8.22. The zero-order valence-electron chi connectivity index (χ0n) is 17.0. The number of amides is 1. The first-order chi connectivity index (χ1) is 14.7. The van der Waals surface area contributed by atoms with Crippen molar-refractivity contribution in [2.75, 3.05) is 38.3 Å². The molecule has 1 aliphatic rings. The molecule has 0 saturated carbocycles. The van der Waals surface area contributed by atoms with Gasteiger partial charge in [-0.1, -0.05) is 48.2 Å². The summed E-state index contributed by atoms with van der Waals surface area (Å²) in [6.45, 7) is 3.75. The zero-order valence-corrected chi connectivity index (χ0v) is 17.8. The van der Waals surface area contributed by atoms with Crippen molar-refractivity contribution in [1.29, 1.82) is 0 Å². The number of aromatic nitrogens is 1. The number of benzene rings is 2. The highest BCUT2D eigenvalue weighted by molar-refractivity contribution is 7.99. The van der Waals surface area contributed by atoms with E-state index in [4.69, 9.17) is 4.74 Å². The molecule has 4 rings (SSSR count). The number of ether oxygens (including phenoxy) is 1. The highest BCUT2D eigenvalue weighted by Gasteiger charge is 2.20. The molecule has 1 amide bonds. The molecule has 1 fully saturated rings. The lowest BCUT2D eigenvalue weighted by atomic mass is 10.1. The normalized spacial score (nSPS) is 13.8. The fourth-order valence-corrected chi connectivity index (χ4v) is 4.42. The Morgan fingerprint density at radius 1 is 1.03 bits per heavy atom. The van der Waals surface area contributed by atoms with Gasteiger partial charge >= 0.3 is 0 Å². The third kappa shape index (κ3) is 4.83. The van der Waals surface area contributed by atoms with Gasteiger partial charge in [0.15, 0.2) is 0 Å². The Hall–Kier alpha value is -2.83. The SMILES string of the molecule is CN(Cc1ccccc1N1CCOCC1)C(=O)c1cccnc1Sc1ccccc1. The molecule has 2 heterocycles. The van der Waals surface area contributed by atoms with E-state index in [-0.39, 0.29) is 5.91 Å². The molecule has 3 aromatic rings. The van der Waals surface area contributed by atoms with Crippen molar-refractivity contribution in [2.45, 2.75) is 16.5 Å². The van der Waals surface area contributed by atoms with Gasteiger partial charge in [0.2, 0.25) is 0 Å². The molecule has 0 spiro atoms. The average Bonchev–Trinajstić information content (AvgIpc) is 2.80. The molecule has 0 bridgehead atoms. The van der Waals surface area contributed by atoms with E-state index in [0.29, 0.717) is 12.1 Å². The van der Waals surface area contributed by atoms with Crippen molar-refractivity contribution in [1.82, 2.24) is 9.88 Å². The minimum atomic E-state index is -0.0293. The topological polar surface area (TPSA) is 45.7 Å². The zero-order chi connectivity index (χ0) is 20.8. The van der Waals surface area contributed by atoms with Crippen LogP contribution in [0.4, 0.5) is 5.69 Å². The summed E-state index contributed by atoms with van der Waals surface area (Å²) < 4.78 is 5.48. The van der Waals surface area contributed by atoms with Crippen molar-refractivity contribution >= 4 is 23.4 Å². The van der Waals surface area contributed by atoms with E-state index in [1.165, 1.54) is 17.4 Å². The summed E-state index contributed by atoms with van der Waals surface area (Å²) in [7, 11) is 1.85. The fraction of sp³-hybridized carbons (Fsp3) is 0.250. The van der Waals surface area contributed by atoms with Crippen LogP contribution in [0.5, 0.6) is 0 Å². The van der Waals surface area contributed by atoms with Gasteiger partial charge < -0.3 is 14.5 Å². The first-order valence-corrected chi connectivity index (χ1v) is 10.9. The molecule has 1 aliphatic heterocycles. The van der Waals surface area contributed by atoms with Gasteiger partial charge in [0, 0.05) is 43.5 Å². The third-order valence-corrected chi connectivity index (χ3v) is 6.08. The highest BCUT2D eigenvalue weighted by Crippen LogP contribution is 2.29. The molecule has 2 aromatic carbocycles. The predicted octanol–water partition coefficient (Wildman–Crippen LogP) is 4.34. The van der Waals surface area contributed by atoms with Crippen LogP contribution < -0.4 is 4.90 Å². The van der Waals surface area contributed by atoms with Crippen LogP contribution in [0, 0.1) is 0 Å². The van der Waals surface area contributed by atoms with Crippen LogP contribution in [0.15, 0.2) is 82.8 Å². The molecule has 1 aromatic heterocycles. The summed E-state index contributed by atoms with van der Waals surface area (Å²) in [5.74, 6) is -0.0293. The number of hydrogen-bond donors (Lipinski definition) is 0. The standard InChI is InChI=1S/C24H25N3O2S/c1-26(18-19-8-5-6-12-22(19)27-14-16-29-17-15-27)24(28)21-11-7-13-25-23(21)30-20-9-3-2-4-10-20/h2-13H,14-18H2,1H3. The highest BCUT2D eigenvalue weighted by atomic mass is 32.2. The van der Waals surface area contributed by atoms with Gasteiger partial charge in [-0.3, -0.25) is 4.79 Å². The Labute approximate surface area is 181 Å². The number of nitrogens with zero attached hydrogens (tertiary/aromatic N) is 3. The molecule has 30 heavy (non-hydrogen) atoms. The van der Waals surface area contributed by atoms with Gasteiger partial charge in [0.05, 0.1) is 18.8 Å². The minimum absolute atomic E-state index is 0.0293. The number of pyridine rings is 1. The molecule has 0 unspecified atom stereocenters. The number of carbonyl (C=O) groups is 1. The summed E-state index contributed by atoms with van der Waals surface area (Å²) in [5.41, 5.74) is 2.93. The lowest BCUT2D eigenvalue weighted by Gasteiger charge is -2.31. The molecule has 1 saturated heterocycles. The van der Waals surface area contributed by atoms with Gasteiger partial charge in [0.25, 0.3) is 5.91 Å². The van der Waals surface area contributed by atoms with Crippen LogP contribution in [0.3, 0.4) is 0 Å². The Bertz CT molecular complexity index is 991. The van der Waals surface area contributed by atoms with Crippen LogP contribution >= 0.6 is 11.8 Å². The van der Waals surface area contributed by atoms with Gasteiger partial charge in [0.1, 0.15) is 5.03 Å². The Kier molecular flexibility index (Phi) is 6.67. The first-order valence-electron chi connectivity index (χ1n) is 10.1. The van der Waals surface area contributed by atoms with E-state index < -0.39 is 0 Å². The summed E-state index contributed by atoms with van der Waals surface area (Å²) in [6.07, 6.45) is 1.73. The van der Waals surface area contributed by atoms with Crippen LogP contribution in [0.25, 0.3) is 0 Å². The van der Waals surface area contributed by atoms with E-state index in [0.717, 1.165) is 41.8 Å². The van der Waals surface area contributed by atoms with Crippen molar-refractivity contribution in [3.05, 3.63) is 84.1 Å². The predicted molar refractivity (Wildman–Crippen MR) is 120 cm³/mol. The molecule has 0 atom stereocenters. The van der Waals surface area contributed by atoms with Gasteiger partial charge in [-0.2, -0.15) is 0 Å². The van der Waals surface area contributed by atoms with E-state index in [9.17, 15) is 4.79 Å². The number of para-hydroxylation sites is 1. The summed E-state index contributed by atoms with van der Waals surface area (Å²) >= 11 is 1.51. The molecule has 154 valence electrons. The van der Waals surface area contributed by atoms with Gasteiger partial charge in [-0.25, -0.2) is 4.98 Å². The largest absolute Gasteiger partial charge is 0.378 e. The van der Waals surface area contributed by atoms with Crippen molar-refractivity contribution in [3.8, 4) is 0 Å². The van der Waals surface area contributed by atoms with E-state index in [1.54, 1.807) is 11.1 Å². The third-order valence-electron chi connectivity index (χ3n) is 5.06. The molecular weight excluding hydrogens is 394 g/mol. The maximum absolute atomic E-state index is 13.3. The quantitative estimate of drug-likeness (QED) is 0.595. The number of anilines is 1. The van der Waals surface area contributed by atoms with Crippen molar-refractivity contribution < 1.29 is 9.53 Å². The monoisotopic (exact) mass is 419 g/mol. The van der Waals surface area contributed by atoms with E-state index >= 15 is 0 Å². The molecule has 0 N–H and O–H groups in total. The van der Waals surface area contributed by atoms with Crippen molar-refractivity contribution in [3.63, 3.8) is 0 Å². The molecule has 5 nitrogen and oxygen atoms in total. The number of morpholine rings is 1. The molecule has 6 heteroatoms. The average molecular weight is 420 g/mol. The first kappa shape index (κ1) is 20.4. The smallest absolute Gasteiger partial charge is 0.256 e. The Balaban J connectivity index is 1.53. The van der Waals surface area contributed by atoms with Crippen LogP contribution in [0.2, 0.25) is 0 Å². The maximum atomic E-state index is 13.3. The lowest BCUT2D eigenvalue weighted by molar-refractivity contribution is 0.0780. The summed E-state index contributed by atoms with van der Waals surface area (Å²) in [6, 6.07) is 22.0. The van der Waals surface area contributed by atoms with Gasteiger partial charge in [-0.05, 0) is 35.9 Å². The Morgan fingerprint density at radius 3 is 2.57 bits per heavy atom. The molecule has 0 aliphatic carbocycles. The number of hydrogen-bond acceptors (Lipinski definition) is 5. The number of carbonyl (C=O) groups excluding carboxylic acids is 1. The molecule has 0 radical (unpaired) electrons. The lowest BCUT2D eigenvalue weighted by Crippen LogP contribution is -2.37. The minimum Gasteiger partial charge on any atom is -0.378 e. The van der Waals surface area contributed by atoms with Gasteiger partial charge in [-0.15, -0.1) is 0 Å². The van der Waals surface area contributed by atoms with E-state index in [2.05, 4.69) is 22.0 Å². The second kappa shape index (κ2) is 9.78. The summed E-state index contributed by atoms with van der Waals surface area (Å²) in [4.78, 5) is 22.9. The van der Waals surface area contributed by atoms with Crippen LogP contribution in [0.1, 0.15) is 15.9 Å². The van der Waals surface area contributed by atoms with Crippen molar-refractivity contribution in [2.24, 2.45) is 0 Å². The summed E-state index contributed by atoms with van der Waals surface area (Å²) in [5, 5.41) is 0.724. The Morgan fingerprint density at radius 2 is 1.77 bits per heavy atom. The van der Waals surface area contributed by atoms with Crippen LogP contribution in [-0.2, 0) is 11.3 Å². The maximum Gasteiger partial charge on any atom is 0.256 e. The second-order valence-electron chi connectivity index (χ2n) is 7.16. The molecular formula is C24H25N3O2S.